The van der Waals surface area contributed by atoms with Gasteiger partial charge in [0.15, 0.2) is 0 Å². The minimum absolute atomic E-state index is 0.0466. The lowest BCUT2D eigenvalue weighted by Crippen LogP contribution is -2.27. The number of nitrogens with one attached hydrogen (secondary N) is 2. The molecule has 5 heteroatoms. The molecule has 5 nitrogen and oxygen atoms in total. The normalized spacial score (nSPS) is 21.7. The third kappa shape index (κ3) is 3.22. The Bertz CT molecular complexity index is 494. The van der Waals surface area contributed by atoms with Gasteiger partial charge in [0.1, 0.15) is 0 Å². The van der Waals surface area contributed by atoms with Crippen LogP contribution in [0.4, 0.5) is 11.4 Å². The van der Waals surface area contributed by atoms with Gasteiger partial charge in [-0.1, -0.05) is 0 Å². The Morgan fingerprint density at radius 1 is 1.35 bits per heavy atom. The zero-order chi connectivity index (χ0) is 13.9. The number of ether oxygens (including phenoxy) is 1. The smallest absolute Gasteiger partial charge is 0.253 e. The predicted octanol–water partition coefficient (Wildman–Crippen LogP) is 1.75. The van der Waals surface area contributed by atoms with E-state index in [0.29, 0.717) is 17.3 Å². The highest BCUT2D eigenvalue weighted by molar-refractivity contribution is 6.00. The molecule has 3 rings (SSSR count). The van der Waals surface area contributed by atoms with Gasteiger partial charge in [-0.05, 0) is 43.9 Å². The van der Waals surface area contributed by atoms with Gasteiger partial charge in [-0.3, -0.25) is 4.79 Å². The molecule has 1 saturated carbocycles. The zero-order valence-electron chi connectivity index (χ0n) is 11.5. The first-order chi connectivity index (χ1) is 9.72. The van der Waals surface area contributed by atoms with Crippen molar-refractivity contribution in [2.75, 3.05) is 24.2 Å². The van der Waals surface area contributed by atoms with E-state index in [1.54, 1.807) is 6.07 Å². The van der Waals surface area contributed by atoms with E-state index in [4.69, 9.17) is 10.5 Å². The van der Waals surface area contributed by atoms with E-state index in [1.165, 1.54) is 0 Å². The monoisotopic (exact) mass is 275 g/mol. The number of carbonyl (C=O) groups excluding carboxylic acids is 1. The first kappa shape index (κ1) is 13.2. The second-order valence-corrected chi connectivity index (χ2v) is 5.57. The van der Waals surface area contributed by atoms with Crippen molar-refractivity contribution in [3.8, 4) is 0 Å². The first-order valence-corrected chi connectivity index (χ1v) is 7.28. The summed E-state index contributed by atoms with van der Waals surface area (Å²) < 4.78 is 5.59. The van der Waals surface area contributed by atoms with E-state index in [0.717, 1.165) is 44.5 Å². The van der Waals surface area contributed by atoms with Crippen molar-refractivity contribution in [2.24, 2.45) is 0 Å². The molecule has 0 radical (unpaired) electrons. The Hall–Kier alpha value is -1.75. The van der Waals surface area contributed by atoms with Crippen molar-refractivity contribution in [2.45, 2.75) is 37.8 Å². The second-order valence-electron chi connectivity index (χ2n) is 5.57. The Morgan fingerprint density at radius 2 is 2.20 bits per heavy atom. The largest absolute Gasteiger partial charge is 0.399 e. The molecule has 2 aliphatic rings. The standard InChI is InChI=1S/C15H21N3O2/c16-10-3-6-14(17-9-12-2-1-7-20-12)13(8-10)15(19)18-11-4-5-11/h3,6,8,11-12,17H,1-2,4-5,7,9,16H2,(H,18,19). The van der Waals surface area contributed by atoms with Crippen LogP contribution in [0, 0.1) is 0 Å². The van der Waals surface area contributed by atoms with Crippen LogP contribution in [0.1, 0.15) is 36.0 Å². The average Bonchev–Trinajstić information content (AvgIpc) is 3.09. The number of carbonyl (C=O) groups is 1. The molecule has 2 fully saturated rings. The van der Waals surface area contributed by atoms with Gasteiger partial charge in [-0.15, -0.1) is 0 Å². The van der Waals surface area contributed by atoms with Gasteiger partial charge < -0.3 is 21.1 Å². The Balaban J connectivity index is 1.69. The highest BCUT2D eigenvalue weighted by Crippen LogP contribution is 2.23. The fourth-order valence-electron chi connectivity index (χ4n) is 2.42. The van der Waals surface area contributed by atoms with Crippen LogP contribution < -0.4 is 16.4 Å². The molecule has 20 heavy (non-hydrogen) atoms. The van der Waals surface area contributed by atoms with Crippen LogP contribution in [0.3, 0.4) is 0 Å². The van der Waals surface area contributed by atoms with Gasteiger partial charge in [0, 0.05) is 30.6 Å². The second kappa shape index (κ2) is 5.71. The van der Waals surface area contributed by atoms with E-state index in [9.17, 15) is 4.79 Å². The maximum Gasteiger partial charge on any atom is 0.253 e. The molecule has 1 aliphatic carbocycles. The number of anilines is 2. The molecule has 1 aliphatic heterocycles. The summed E-state index contributed by atoms with van der Waals surface area (Å²) in [5.41, 5.74) is 7.85. The van der Waals surface area contributed by atoms with E-state index < -0.39 is 0 Å². The van der Waals surface area contributed by atoms with E-state index in [2.05, 4.69) is 10.6 Å². The number of nitrogens with two attached hydrogens (primary N) is 1. The fraction of sp³-hybridized carbons (Fsp3) is 0.533. The molecule has 1 amide bonds. The molecule has 1 aromatic carbocycles. The molecule has 1 aromatic rings. The maximum absolute atomic E-state index is 12.2. The number of nitrogen functional groups attached to an aromatic ring is 1. The van der Waals surface area contributed by atoms with Gasteiger partial charge in [0.05, 0.1) is 11.7 Å². The third-order valence-corrected chi connectivity index (χ3v) is 3.74. The van der Waals surface area contributed by atoms with Crippen LogP contribution >= 0.6 is 0 Å². The summed E-state index contributed by atoms with van der Waals surface area (Å²) in [7, 11) is 0. The Labute approximate surface area is 118 Å². The van der Waals surface area contributed by atoms with Crippen LogP contribution in [0.25, 0.3) is 0 Å². The zero-order valence-corrected chi connectivity index (χ0v) is 11.5. The molecule has 4 N–H and O–H groups in total. The predicted molar refractivity (Wildman–Crippen MR) is 78.8 cm³/mol. The number of hydrogen-bond donors (Lipinski definition) is 3. The molecule has 0 aromatic heterocycles. The summed E-state index contributed by atoms with van der Waals surface area (Å²) in [6.45, 7) is 1.57. The van der Waals surface area contributed by atoms with Crippen LogP contribution in [-0.4, -0.2) is 31.2 Å². The highest BCUT2D eigenvalue weighted by Gasteiger charge is 2.25. The highest BCUT2D eigenvalue weighted by atomic mass is 16.5. The molecule has 108 valence electrons. The molecule has 0 bridgehead atoms. The summed E-state index contributed by atoms with van der Waals surface area (Å²) in [6, 6.07) is 5.75. The molecular weight excluding hydrogens is 254 g/mol. The van der Waals surface area contributed by atoms with Crippen molar-refractivity contribution < 1.29 is 9.53 Å². The van der Waals surface area contributed by atoms with Crippen molar-refractivity contribution in [1.29, 1.82) is 0 Å². The lowest BCUT2D eigenvalue weighted by molar-refractivity contribution is 0.0951. The summed E-state index contributed by atoms with van der Waals surface area (Å²) >= 11 is 0. The summed E-state index contributed by atoms with van der Waals surface area (Å²) in [5, 5.41) is 6.32. The lowest BCUT2D eigenvalue weighted by atomic mass is 10.1. The van der Waals surface area contributed by atoms with Gasteiger partial charge >= 0.3 is 0 Å². The van der Waals surface area contributed by atoms with Crippen molar-refractivity contribution in [3.05, 3.63) is 23.8 Å². The van der Waals surface area contributed by atoms with Crippen LogP contribution in [-0.2, 0) is 4.74 Å². The van der Waals surface area contributed by atoms with Crippen LogP contribution in [0.15, 0.2) is 18.2 Å². The summed E-state index contributed by atoms with van der Waals surface area (Å²) in [6.07, 6.45) is 4.58. The summed E-state index contributed by atoms with van der Waals surface area (Å²) in [4.78, 5) is 12.2. The fourth-order valence-corrected chi connectivity index (χ4v) is 2.42. The van der Waals surface area contributed by atoms with Crippen molar-refractivity contribution in [1.82, 2.24) is 5.32 Å². The first-order valence-electron chi connectivity index (χ1n) is 7.28. The lowest BCUT2D eigenvalue weighted by Gasteiger charge is -2.15. The van der Waals surface area contributed by atoms with Gasteiger partial charge in [-0.2, -0.15) is 0 Å². The van der Waals surface area contributed by atoms with Crippen molar-refractivity contribution >= 4 is 17.3 Å². The Morgan fingerprint density at radius 3 is 2.90 bits per heavy atom. The van der Waals surface area contributed by atoms with Gasteiger partial charge in [0.2, 0.25) is 0 Å². The molecule has 1 unspecified atom stereocenters. The number of benzene rings is 1. The topological polar surface area (TPSA) is 76.4 Å². The van der Waals surface area contributed by atoms with Gasteiger partial charge in [-0.25, -0.2) is 0 Å². The molecule has 1 heterocycles. The van der Waals surface area contributed by atoms with Crippen LogP contribution in [0.2, 0.25) is 0 Å². The molecule has 1 saturated heterocycles. The minimum atomic E-state index is -0.0466. The molecule has 1 atom stereocenters. The van der Waals surface area contributed by atoms with E-state index in [-0.39, 0.29) is 12.0 Å². The van der Waals surface area contributed by atoms with Gasteiger partial charge in [0.25, 0.3) is 5.91 Å². The number of amides is 1. The van der Waals surface area contributed by atoms with Crippen molar-refractivity contribution in [3.63, 3.8) is 0 Å². The third-order valence-electron chi connectivity index (χ3n) is 3.74. The number of rotatable bonds is 5. The van der Waals surface area contributed by atoms with Crippen LogP contribution in [0.5, 0.6) is 0 Å². The van der Waals surface area contributed by atoms with E-state index >= 15 is 0 Å². The SMILES string of the molecule is Nc1ccc(NCC2CCCO2)c(C(=O)NC2CC2)c1. The molecule has 0 spiro atoms. The molecular formula is C15H21N3O2. The summed E-state index contributed by atoms with van der Waals surface area (Å²) in [5.74, 6) is -0.0466. The average molecular weight is 275 g/mol. The minimum Gasteiger partial charge on any atom is -0.399 e. The Kier molecular flexibility index (Phi) is 3.78. The quantitative estimate of drug-likeness (QED) is 0.716. The number of hydrogen-bond acceptors (Lipinski definition) is 4. The van der Waals surface area contributed by atoms with E-state index in [1.807, 2.05) is 12.1 Å². The maximum atomic E-state index is 12.2.